The van der Waals surface area contributed by atoms with Crippen LogP contribution in [0.3, 0.4) is 0 Å². The molecule has 2 aromatic rings. The summed E-state index contributed by atoms with van der Waals surface area (Å²) >= 11 is 12.4. The standard InChI is InChI=1S/C13H12Br3NS/c1-2-17-13(11-5-6-12(16)18-11)9-4-3-8(14)7-10(9)15/h3-7,13,17H,2H2,1H3. The molecular formula is C13H12Br3NS. The second-order valence-corrected chi connectivity index (χ2v) is 8.06. The normalized spacial score (nSPS) is 12.7. The maximum atomic E-state index is 3.64. The first kappa shape index (κ1) is 14.7. The highest BCUT2D eigenvalue weighted by Crippen LogP contribution is 2.35. The summed E-state index contributed by atoms with van der Waals surface area (Å²) < 4.78 is 3.36. The van der Waals surface area contributed by atoms with E-state index < -0.39 is 0 Å². The van der Waals surface area contributed by atoms with Crippen LogP contribution in [0.5, 0.6) is 0 Å². The van der Waals surface area contributed by atoms with E-state index in [0.29, 0.717) is 0 Å². The minimum Gasteiger partial charge on any atom is -0.306 e. The molecule has 0 aliphatic rings. The van der Waals surface area contributed by atoms with Crippen molar-refractivity contribution in [3.8, 4) is 0 Å². The third kappa shape index (κ3) is 3.45. The Kier molecular flexibility index (Phi) is 5.45. The molecule has 1 nitrogen and oxygen atoms in total. The summed E-state index contributed by atoms with van der Waals surface area (Å²) in [6.07, 6.45) is 0. The van der Waals surface area contributed by atoms with E-state index in [1.165, 1.54) is 10.4 Å². The summed E-state index contributed by atoms with van der Waals surface area (Å²) in [6.45, 7) is 3.06. The molecule has 0 aliphatic carbocycles. The van der Waals surface area contributed by atoms with Crippen LogP contribution in [-0.4, -0.2) is 6.54 Å². The topological polar surface area (TPSA) is 12.0 Å². The first-order valence-corrected chi connectivity index (χ1v) is 8.75. The highest BCUT2D eigenvalue weighted by Gasteiger charge is 2.17. The minimum atomic E-state index is 0.230. The van der Waals surface area contributed by atoms with Crippen molar-refractivity contribution in [1.82, 2.24) is 5.32 Å². The van der Waals surface area contributed by atoms with Crippen molar-refractivity contribution in [3.63, 3.8) is 0 Å². The Labute approximate surface area is 136 Å². The van der Waals surface area contributed by atoms with E-state index in [2.05, 4.69) is 90.4 Å². The van der Waals surface area contributed by atoms with Crippen LogP contribution >= 0.6 is 59.1 Å². The molecule has 0 bridgehead atoms. The fourth-order valence-corrected chi connectivity index (χ4v) is 4.58. The van der Waals surface area contributed by atoms with E-state index in [0.717, 1.165) is 19.3 Å². The van der Waals surface area contributed by atoms with Gasteiger partial charge < -0.3 is 5.32 Å². The summed E-state index contributed by atoms with van der Waals surface area (Å²) in [7, 11) is 0. The van der Waals surface area contributed by atoms with Gasteiger partial charge in [0.15, 0.2) is 0 Å². The summed E-state index contributed by atoms with van der Waals surface area (Å²) in [4.78, 5) is 1.31. The van der Waals surface area contributed by atoms with Crippen LogP contribution in [0.4, 0.5) is 0 Å². The molecule has 0 spiro atoms. The Balaban J connectivity index is 2.41. The molecule has 1 N–H and O–H groups in total. The SMILES string of the molecule is CCNC(c1ccc(Br)s1)c1ccc(Br)cc1Br. The average molecular weight is 454 g/mol. The summed E-state index contributed by atoms with van der Waals surface area (Å²) in [5, 5.41) is 3.53. The van der Waals surface area contributed by atoms with E-state index in [1.54, 1.807) is 11.3 Å². The van der Waals surface area contributed by atoms with Crippen LogP contribution in [0.2, 0.25) is 0 Å². The van der Waals surface area contributed by atoms with Crippen LogP contribution < -0.4 is 5.32 Å². The van der Waals surface area contributed by atoms with Crippen LogP contribution in [0.15, 0.2) is 43.1 Å². The van der Waals surface area contributed by atoms with Gasteiger partial charge in [-0.15, -0.1) is 11.3 Å². The largest absolute Gasteiger partial charge is 0.306 e. The van der Waals surface area contributed by atoms with E-state index in [-0.39, 0.29) is 6.04 Å². The van der Waals surface area contributed by atoms with Crippen molar-refractivity contribution in [2.45, 2.75) is 13.0 Å². The molecule has 1 atom stereocenters. The van der Waals surface area contributed by atoms with Crippen LogP contribution in [-0.2, 0) is 0 Å². The lowest BCUT2D eigenvalue weighted by Crippen LogP contribution is -2.21. The van der Waals surface area contributed by atoms with Gasteiger partial charge >= 0.3 is 0 Å². The number of thiophene rings is 1. The van der Waals surface area contributed by atoms with Crippen molar-refractivity contribution in [1.29, 1.82) is 0 Å². The van der Waals surface area contributed by atoms with E-state index in [9.17, 15) is 0 Å². The van der Waals surface area contributed by atoms with Crippen molar-refractivity contribution in [2.75, 3.05) is 6.54 Å². The lowest BCUT2D eigenvalue weighted by atomic mass is 10.1. The number of halogens is 3. The Morgan fingerprint density at radius 1 is 1.17 bits per heavy atom. The third-order valence-corrected chi connectivity index (χ3v) is 5.43. The molecule has 18 heavy (non-hydrogen) atoms. The predicted molar refractivity (Wildman–Crippen MR) is 89.4 cm³/mol. The Hall–Kier alpha value is 0.320. The smallest absolute Gasteiger partial charge is 0.0702 e. The zero-order valence-corrected chi connectivity index (χ0v) is 15.3. The number of hydrogen-bond donors (Lipinski definition) is 1. The second-order valence-electron chi connectivity index (χ2n) is 3.80. The fourth-order valence-electron chi connectivity index (χ4n) is 1.79. The molecule has 0 fully saturated rings. The van der Waals surface area contributed by atoms with Gasteiger partial charge in [0.1, 0.15) is 0 Å². The maximum absolute atomic E-state index is 3.64. The van der Waals surface area contributed by atoms with Gasteiger partial charge in [-0.25, -0.2) is 0 Å². The van der Waals surface area contributed by atoms with Gasteiger partial charge in [0.25, 0.3) is 0 Å². The van der Waals surface area contributed by atoms with Crippen molar-refractivity contribution in [3.05, 3.63) is 53.5 Å². The highest BCUT2D eigenvalue weighted by atomic mass is 79.9. The van der Waals surface area contributed by atoms with Gasteiger partial charge in [-0.3, -0.25) is 0 Å². The average Bonchev–Trinajstić information content (AvgIpc) is 2.73. The van der Waals surface area contributed by atoms with Crippen LogP contribution in [0.1, 0.15) is 23.4 Å². The molecule has 0 radical (unpaired) electrons. The molecule has 0 saturated heterocycles. The molecule has 0 saturated carbocycles. The van der Waals surface area contributed by atoms with Crippen molar-refractivity contribution >= 4 is 59.1 Å². The summed E-state index contributed by atoms with van der Waals surface area (Å²) in [5.74, 6) is 0. The molecule has 1 heterocycles. The van der Waals surface area contributed by atoms with Gasteiger partial charge in [-0.2, -0.15) is 0 Å². The van der Waals surface area contributed by atoms with Gasteiger partial charge in [-0.1, -0.05) is 44.8 Å². The molecule has 0 amide bonds. The molecule has 2 rings (SSSR count). The Bertz CT molecular complexity index is 539. The molecule has 0 aliphatic heterocycles. The molecule has 1 aromatic carbocycles. The van der Waals surface area contributed by atoms with Gasteiger partial charge in [0.2, 0.25) is 0 Å². The monoisotopic (exact) mass is 451 g/mol. The fraction of sp³-hybridized carbons (Fsp3) is 0.231. The molecule has 1 unspecified atom stereocenters. The van der Waals surface area contributed by atoms with E-state index in [1.807, 2.05) is 0 Å². The first-order valence-electron chi connectivity index (χ1n) is 5.55. The van der Waals surface area contributed by atoms with Gasteiger partial charge in [0.05, 0.1) is 9.83 Å². The molecule has 96 valence electrons. The number of benzene rings is 1. The lowest BCUT2D eigenvalue weighted by Gasteiger charge is -2.18. The van der Waals surface area contributed by atoms with Gasteiger partial charge in [0, 0.05) is 13.8 Å². The van der Waals surface area contributed by atoms with Gasteiger partial charge in [-0.05, 0) is 52.3 Å². The van der Waals surface area contributed by atoms with Crippen molar-refractivity contribution < 1.29 is 0 Å². The third-order valence-electron chi connectivity index (χ3n) is 2.56. The maximum Gasteiger partial charge on any atom is 0.0702 e. The van der Waals surface area contributed by atoms with E-state index >= 15 is 0 Å². The highest BCUT2D eigenvalue weighted by molar-refractivity contribution is 9.11. The minimum absolute atomic E-state index is 0.230. The molecular weight excluding hydrogens is 442 g/mol. The molecule has 1 aromatic heterocycles. The zero-order chi connectivity index (χ0) is 13.1. The van der Waals surface area contributed by atoms with E-state index in [4.69, 9.17) is 0 Å². The number of nitrogens with one attached hydrogen (secondary N) is 1. The molecule has 5 heteroatoms. The Morgan fingerprint density at radius 2 is 1.94 bits per heavy atom. The van der Waals surface area contributed by atoms with Crippen molar-refractivity contribution in [2.24, 2.45) is 0 Å². The quantitative estimate of drug-likeness (QED) is 0.622. The number of hydrogen-bond acceptors (Lipinski definition) is 2. The zero-order valence-electron chi connectivity index (χ0n) is 9.71. The summed E-state index contributed by atoms with van der Waals surface area (Å²) in [6, 6.07) is 10.8. The first-order chi connectivity index (χ1) is 8.61. The number of rotatable bonds is 4. The summed E-state index contributed by atoms with van der Waals surface area (Å²) in [5.41, 5.74) is 1.26. The second kappa shape index (κ2) is 6.66. The predicted octanol–water partition coefficient (Wildman–Crippen LogP) is 5.73. The lowest BCUT2D eigenvalue weighted by molar-refractivity contribution is 0.637. The van der Waals surface area contributed by atoms with Crippen LogP contribution in [0, 0.1) is 0 Å². The Morgan fingerprint density at radius 3 is 2.50 bits per heavy atom. The van der Waals surface area contributed by atoms with Crippen LogP contribution in [0.25, 0.3) is 0 Å².